The number of amides is 1. The van der Waals surface area contributed by atoms with Crippen molar-refractivity contribution in [2.24, 2.45) is 0 Å². The highest BCUT2D eigenvalue weighted by molar-refractivity contribution is 6.11. The fourth-order valence-corrected chi connectivity index (χ4v) is 3.16. The number of rotatable bonds is 8. The van der Waals surface area contributed by atoms with E-state index in [1.807, 2.05) is 85.8 Å². The van der Waals surface area contributed by atoms with E-state index in [1.54, 1.807) is 4.90 Å². The highest BCUT2D eigenvalue weighted by Gasteiger charge is 2.21. The largest absolute Gasteiger partial charge is 0.494 e. The molecule has 0 saturated heterocycles. The van der Waals surface area contributed by atoms with Gasteiger partial charge in [-0.05, 0) is 75.5 Å². The number of para-hydroxylation sites is 1. The first-order chi connectivity index (χ1) is 14.1. The molecule has 0 saturated carbocycles. The smallest absolute Gasteiger partial charge is 0.263 e. The second kappa shape index (κ2) is 9.89. The van der Waals surface area contributed by atoms with Crippen molar-refractivity contribution < 1.29 is 9.53 Å². The van der Waals surface area contributed by atoms with Crippen LogP contribution in [0.15, 0.2) is 78.9 Å². The van der Waals surface area contributed by atoms with Gasteiger partial charge in [-0.1, -0.05) is 36.4 Å². The molecule has 0 N–H and O–H groups in total. The highest BCUT2D eigenvalue weighted by atomic mass is 16.5. The van der Waals surface area contributed by atoms with E-state index in [2.05, 4.69) is 19.0 Å². The standard InChI is InChI=1S/C25H28N2O2/c1-20-10-7-8-13-24(20)25(28)27(21-11-5-4-6-12-21)22-14-16-23(17-15-22)29-19-9-18-26(2)3/h4-8,10-17H,9,18-19H2,1-3H3. The van der Waals surface area contributed by atoms with Crippen molar-refractivity contribution in [3.8, 4) is 5.75 Å². The minimum Gasteiger partial charge on any atom is -0.494 e. The molecule has 150 valence electrons. The van der Waals surface area contributed by atoms with E-state index in [0.717, 1.165) is 35.7 Å². The molecule has 0 spiro atoms. The van der Waals surface area contributed by atoms with Gasteiger partial charge in [-0.2, -0.15) is 0 Å². The van der Waals surface area contributed by atoms with Gasteiger partial charge in [0.1, 0.15) is 5.75 Å². The first kappa shape index (κ1) is 20.6. The number of carbonyl (C=O) groups is 1. The Morgan fingerprint density at radius 2 is 1.45 bits per heavy atom. The quantitative estimate of drug-likeness (QED) is 0.491. The molecule has 0 atom stereocenters. The zero-order valence-corrected chi connectivity index (χ0v) is 17.3. The number of benzene rings is 3. The lowest BCUT2D eigenvalue weighted by Crippen LogP contribution is -2.26. The van der Waals surface area contributed by atoms with Gasteiger partial charge in [-0.15, -0.1) is 0 Å². The van der Waals surface area contributed by atoms with E-state index < -0.39 is 0 Å². The van der Waals surface area contributed by atoms with E-state index in [0.29, 0.717) is 12.2 Å². The van der Waals surface area contributed by atoms with Crippen LogP contribution in [0.2, 0.25) is 0 Å². The summed E-state index contributed by atoms with van der Waals surface area (Å²) >= 11 is 0. The van der Waals surface area contributed by atoms with Crippen molar-refractivity contribution in [2.75, 3.05) is 32.1 Å². The predicted octanol–water partition coefficient (Wildman–Crippen LogP) is 5.30. The lowest BCUT2D eigenvalue weighted by atomic mass is 10.1. The molecule has 0 fully saturated rings. The molecule has 4 nitrogen and oxygen atoms in total. The molecule has 0 unspecified atom stereocenters. The zero-order chi connectivity index (χ0) is 20.6. The predicted molar refractivity (Wildman–Crippen MR) is 119 cm³/mol. The molecule has 4 heteroatoms. The van der Waals surface area contributed by atoms with Gasteiger partial charge in [0.05, 0.1) is 6.61 Å². The lowest BCUT2D eigenvalue weighted by molar-refractivity contribution is 0.0998. The fourth-order valence-electron chi connectivity index (χ4n) is 3.16. The molecule has 3 rings (SSSR count). The number of carbonyl (C=O) groups excluding carboxylic acids is 1. The van der Waals surface area contributed by atoms with Crippen molar-refractivity contribution >= 4 is 17.3 Å². The van der Waals surface area contributed by atoms with Gasteiger partial charge in [0.2, 0.25) is 0 Å². The second-order valence-corrected chi connectivity index (χ2v) is 7.29. The van der Waals surface area contributed by atoms with Gasteiger partial charge in [0, 0.05) is 23.5 Å². The van der Waals surface area contributed by atoms with Crippen LogP contribution >= 0.6 is 0 Å². The van der Waals surface area contributed by atoms with Gasteiger partial charge in [0.25, 0.3) is 5.91 Å². The van der Waals surface area contributed by atoms with Crippen LogP contribution in [0.4, 0.5) is 11.4 Å². The van der Waals surface area contributed by atoms with Crippen LogP contribution in [0.25, 0.3) is 0 Å². The van der Waals surface area contributed by atoms with E-state index >= 15 is 0 Å². The van der Waals surface area contributed by atoms with Crippen LogP contribution in [-0.2, 0) is 0 Å². The van der Waals surface area contributed by atoms with Crippen molar-refractivity contribution in [3.63, 3.8) is 0 Å². The van der Waals surface area contributed by atoms with Crippen LogP contribution in [-0.4, -0.2) is 38.1 Å². The van der Waals surface area contributed by atoms with Crippen LogP contribution < -0.4 is 9.64 Å². The lowest BCUT2D eigenvalue weighted by Gasteiger charge is -2.24. The maximum Gasteiger partial charge on any atom is 0.263 e. The van der Waals surface area contributed by atoms with Gasteiger partial charge in [0.15, 0.2) is 0 Å². The second-order valence-electron chi connectivity index (χ2n) is 7.29. The van der Waals surface area contributed by atoms with Crippen molar-refractivity contribution in [1.29, 1.82) is 0 Å². The van der Waals surface area contributed by atoms with Crippen LogP contribution in [0.5, 0.6) is 5.75 Å². The molecular weight excluding hydrogens is 360 g/mol. The molecule has 0 aromatic heterocycles. The summed E-state index contributed by atoms with van der Waals surface area (Å²) in [5.74, 6) is 0.762. The third-order valence-electron chi connectivity index (χ3n) is 4.71. The number of anilines is 2. The maximum absolute atomic E-state index is 13.4. The summed E-state index contributed by atoms with van der Waals surface area (Å²) in [5, 5.41) is 0. The summed E-state index contributed by atoms with van der Waals surface area (Å²) in [4.78, 5) is 17.3. The van der Waals surface area contributed by atoms with E-state index in [-0.39, 0.29) is 5.91 Å². The van der Waals surface area contributed by atoms with E-state index in [1.165, 1.54) is 0 Å². The number of hydrogen-bond donors (Lipinski definition) is 0. The third kappa shape index (κ3) is 5.46. The van der Waals surface area contributed by atoms with Gasteiger partial charge >= 0.3 is 0 Å². The van der Waals surface area contributed by atoms with E-state index in [9.17, 15) is 4.79 Å². The summed E-state index contributed by atoms with van der Waals surface area (Å²) in [6.07, 6.45) is 0.969. The van der Waals surface area contributed by atoms with Gasteiger partial charge < -0.3 is 9.64 Å². The number of aryl methyl sites for hydroxylation is 1. The number of ether oxygens (including phenoxy) is 1. The average molecular weight is 389 g/mol. The maximum atomic E-state index is 13.4. The molecule has 0 aliphatic heterocycles. The summed E-state index contributed by atoms with van der Waals surface area (Å²) in [7, 11) is 4.11. The SMILES string of the molecule is Cc1ccccc1C(=O)N(c1ccccc1)c1ccc(OCCCN(C)C)cc1. The Bertz CT molecular complexity index is 921. The molecule has 0 aliphatic carbocycles. The first-order valence-electron chi connectivity index (χ1n) is 9.89. The van der Waals surface area contributed by atoms with Crippen molar-refractivity contribution in [1.82, 2.24) is 4.90 Å². The summed E-state index contributed by atoms with van der Waals surface area (Å²) in [6.45, 7) is 3.62. The van der Waals surface area contributed by atoms with Crippen LogP contribution in [0.1, 0.15) is 22.3 Å². The zero-order valence-electron chi connectivity index (χ0n) is 17.3. The summed E-state index contributed by atoms with van der Waals surface area (Å²) in [6, 6.07) is 25.1. The molecule has 3 aromatic carbocycles. The minimum absolute atomic E-state index is 0.0473. The molecule has 0 bridgehead atoms. The fraction of sp³-hybridized carbons (Fsp3) is 0.240. The van der Waals surface area contributed by atoms with Crippen molar-refractivity contribution in [2.45, 2.75) is 13.3 Å². The minimum atomic E-state index is -0.0473. The topological polar surface area (TPSA) is 32.8 Å². The highest BCUT2D eigenvalue weighted by Crippen LogP contribution is 2.29. The Morgan fingerprint density at radius 3 is 2.10 bits per heavy atom. The Hall–Kier alpha value is -3.11. The summed E-state index contributed by atoms with van der Waals surface area (Å²) < 4.78 is 5.83. The van der Waals surface area contributed by atoms with E-state index in [4.69, 9.17) is 4.74 Å². The van der Waals surface area contributed by atoms with Crippen LogP contribution in [0.3, 0.4) is 0 Å². The molecule has 1 amide bonds. The third-order valence-corrected chi connectivity index (χ3v) is 4.71. The molecule has 29 heavy (non-hydrogen) atoms. The number of hydrogen-bond acceptors (Lipinski definition) is 3. The Morgan fingerprint density at radius 1 is 0.828 bits per heavy atom. The monoisotopic (exact) mass is 388 g/mol. The molecule has 0 heterocycles. The summed E-state index contributed by atoms with van der Waals surface area (Å²) in [5.41, 5.74) is 3.30. The molecular formula is C25H28N2O2. The Labute approximate surface area is 173 Å². The molecule has 0 radical (unpaired) electrons. The van der Waals surface area contributed by atoms with Gasteiger partial charge in [-0.25, -0.2) is 0 Å². The van der Waals surface area contributed by atoms with Crippen LogP contribution in [0, 0.1) is 6.92 Å². The normalized spacial score (nSPS) is 10.8. The van der Waals surface area contributed by atoms with Crippen molar-refractivity contribution in [3.05, 3.63) is 90.0 Å². The Balaban J connectivity index is 1.84. The molecule has 3 aromatic rings. The number of nitrogens with zero attached hydrogens (tertiary/aromatic N) is 2. The Kier molecular flexibility index (Phi) is 7.04. The molecule has 0 aliphatic rings. The van der Waals surface area contributed by atoms with Gasteiger partial charge in [-0.3, -0.25) is 9.69 Å². The first-order valence-corrected chi connectivity index (χ1v) is 9.89. The average Bonchev–Trinajstić information content (AvgIpc) is 2.73.